The van der Waals surface area contributed by atoms with E-state index < -0.39 is 41.7 Å². The molecule has 0 amide bonds. The molecule has 0 spiro atoms. The molecule has 0 bridgehead atoms. The predicted octanol–water partition coefficient (Wildman–Crippen LogP) is 18.3. The third-order valence-electron chi connectivity index (χ3n) is 8.83. The normalized spacial score (nSPS) is 12.7. The molecule has 0 atom stereocenters. The Morgan fingerprint density at radius 3 is 1.60 bits per heavy atom. The first kappa shape index (κ1) is 63.4. The van der Waals surface area contributed by atoms with Gasteiger partial charge in [0.15, 0.2) is 0 Å². The Morgan fingerprint density at radius 1 is 0.561 bits per heavy atom. The van der Waals surface area contributed by atoms with E-state index >= 15 is 0 Å². The second-order valence-electron chi connectivity index (χ2n) is 14.2. The van der Waals surface area contributed by atoms with Gasteiger partial charge >= 0.3 is 75.7 Å². The number of benzene rings is 2. The fourth-order valence-corrected chi connectivity index (χ4v) is 6.08. The van der Waals surface area contributed by atoms with Gasteiger partial charge in [0.05, 0.1) is 5.60 Å². The number of unbranched alkanes of at least 4 members (excludes halogenated alkanes) is 5. The number of ether oxygens (including phenoxy) is 1. The first-order valence-electron chi connectivity index (χ1n) is 19.5. The summed E-state index contributed by atoms with van der Waals surface area (Å²) in [5.74, 6) is 0. The van der Waals surface area contributed by atoms with Crippen molar-refractivity contribution in [3.8, 4) is 0 Å². The first-order valence-corrected chi connectivity index (χ1v) is 32.2. The van der Waals surface area contributed by atoms with Gasteiger partial charge < -0.3 is 34.4 Å². The average molecular weight is 1020 g/mol. The molecule has 0 unspecified atom stereocenters. The van der Waals surface area contributed by atoms with Crippen LogP contribution < -0.4 is 0 Å². The topological polar surface area (TPSA) is 9.23 Å². The maximum absolute atomic E-state index is 5.69. The molecule has 4 aliphatic carbocycles. The maximum atomic E-state index is 5.69. The van der Waals surface area contributed by atoms with Gasteiger partial charge in [-0.3, -0.25) is 0 Å². The van der Waals surface area contributed by atoms with E-state index in [2.05, 4.69) is 138 Å². The van der Waals surface area contributed by atoms with Gasteiger partial charge in [-0.1, -0.05) is 154 Å². The van der Waals surface area contributed by atoms with E-state index in [0.29, 0.717) is 0 Å². The Bertz CT molecular complexity index is 1420. The second kappa shape index (κ2) is 42.5. The Labute approximate surface area is 391 Å². The van der Waals surface area contributed by atoms with Crippen LogP contribution >= 0.6 is 34.1 Å². The van der Waals surface area contributed by atoms with E-state index in [-0.39, 0.29) is 35.3 Å². The molecule has 7 heteroatoms. The van der Waals surface area contributed by atoms with E-state index in [0.717, 1.165) is 25.9 Å². The van der Waals surface area contributed by atoms with Crippen LogP contribution in [0.5, 0.6) is 0 Å². The number of halogens is 4. The van der Waals surface area contributed by atoms with Crippen LogP contribution in [0.4, 0.5) is 0 Å². The van der Waals surface area contributed by atoms with Crippen LogP contribution in [-0.2, 0) is 59.3 Å². The van der Waals surface area contributed by atoms with E-state index in [1.807, 2.05) is 0 Å². The molecule has 57 heavy (non-hydrogen) atoms. The van der Waals surface area contributed by atoms with Gasteiger partial charge in [0.1, 0.15) is 0 Å². The van der Waals surface area contributed by atoms with Crippen molar-refractivity contribution in [2.75, 3.05) is 6.61 Å². The van der Waals surface area contributed by atoms with Crippen LogP contribution in [0.3, 0.4) is 0 Å². The number of hydrogen-bond donors (Lipinski definition) is 0. The molecule has 0 saturated carbocycles. The van der Waals surface area contributed by atoms with Crippen LogP contribution in [-0.4, -0.2) is 12.2 Å². The molecule has 0 fully saturated rings. The summed E-state index contributed by atoms with van der Waals surface area (Å²) in [5.41, 5.74) is 10.5. The van der Waals surface area contributed by atoms with Crippen LogP contribution in [0.2, 0.25) is 0 Å². The Balaban J connectivity index is -0.000000312. The number of rotatable bonds is 13. The van der Waals surface area contributed by atoms with Gasteiger partial charge in [0.25, 0.3) is 0 Å². The predicted molar refractivity (Wildman–Crippen MR) is 258 cm³/mol. The number of hydrogen-bond acceptors (Lipinski definition) is 1. The summed E-state index contributed by atoms with van der Waals surface area (Å²) < 4.78 is 5.69. The van der Waals surface area contributed by atoms with Gasteiger partial charge in [-0.05, 0) is 119 Å². The quantitative estimate of drug-likeness (QED) is 0.144. The van der Waals surface area contributed by atoms with Crippen molar-refractivity contribution in [3.05, 3.63) is 160 Å². The van der Waals surface area contributed by atoms with Gasteiger partial charge in [0.2, 0.25) is 0 Å². The summed E-state index contributed by atoms with van der Waals surface area (Å²) in [6.07, 6.45) is 39.2. The van der Waals surface area contributed by atoms with Crippen LogP contribution in [0.15, 0.2) is 108 Å². The first-order chi connectivity index (χ1) is 25.7. The Morgan fingerprint density at radius 2 is 1.07 bits per heavy atom. The molecule has 1 nitrogen and oxygen atoms in total. The summed E-state index contributed by atoms with van der Waals surface area (Å²) in [7, 11) is 19.7. The summed E-state index contributed by atoms with van der Waals surface area (Å²) >= 11 is -1.65. The monoisotopic (exact) mass is 1010 g/mol. The van der Waals surface area contributed by atoms with Crippen molar-refractivity contribution in [2.24, 2.45) is 0 Å². The SMILES string of the molecule is C1=Cc2ccccc2C1.CC(C)(C)OCCCCCCC1=CCC=C1.CCCCC1=CCC=C1.CCCCC1=CCc2ccccc21.[CH3-].[CH3-].[CH3-].[CH3-].[Cl][Zr+2][Cl].[Cl][Zr+2][Cl]. The standard InChI is InChI=1S/C15H26O.C13H16.C9H8.C9H14.4CH3.4ClH.2Zr/c1-15(2,3)16-13-9-5-4-6-10-14-11-7-8-12-14;1-2-3-6-11-9-10-12-7-4-5-8-13(11)12;1-2-5-9-7-3-6-8(9)4-1;1-2-3-6-9-7-4-5-8-9;;;;;;;;;;/h7,11-12H,4-6,8-10,13H2,1-3H3;4-5,7-9H,2-3,6,10H2,1H3;1-6H,7H2;4,7-8H,2-3,5-6H2,1H3;4*1H3;4*1H;;/q;;;;4*-1;;;;;2*+4/p-4. The zero-order chi connectivity index (χ0) is 39.0. The molecule has 2 aromatic carbocycles. The molecule has 0 radical (unpaired) electrons. The molecular formula is C50H76Cl4OZr2. The zero-order valence-corrected chi connectivity index (χ0v) is 45.0. The van der Waals surface area contributed by atoms with E-state index in [9.17, 15) is 0 Å². The minimum absolute atomic E-state index is 0. The molecule has 0 aromatic heterocycles. The minimum atomic E-state index is -0.826. The van der Waals surface area contributed by atoms with Gasteiger partial charge in [0, 0.05) is 6.61 Å². The average Bonchev–Trinajstić information content (AvgIpc) is 3.99. The molecule has 6 rings (SSSR count). The number of fused-ring (bicyclic) bond motifs is 2. The molecule has 2 aromatic rings. The van der Waals surface area contributed by atoms with Crippen LogP contribution in [0.1, 0.15) is 140 Å². The van der Waals surface area contributed by atoms with Crippen molar-refractivity contribution in [3.63, 3.8) is 0 Å². The molecule has 0 saturated heterocycles. The zero-order valence-electron chi connectivity index (χ0n) is 37.0. The summed E-state index contributed by atoms with van der Waals surface area (Å²) in [6.45, 7) is 11.7. The number of allylic oxidation sites excluding steroid dienone is 11. The van der Waals surface area contributed by atoms with Gasteiger partial charge in [-0.2, -0.15) is 0 Å². The van der Waals surface area contributed by atoms with E-state index in [4.69, 9.17) is 38.8 Å². The van der Waals surface area contributed by atoms with Crippen molar-refractivity contribution in [1.82, 2.24) is 0 Å². The van der Waals surface area contributed by atoms with Crippen LogP contribution in [0.25, 0.3) is 11.6 Å². The van der Waals surface area contributed by atoms with Crippen molar-refractivity contribution in [2.45, 2.75) is 137 Å². The second-order valence-corrected chi connectivity index (χ2v) is 21.7. The Kier molecular flexibility index (Phi) is 47.2. The third kappa shape index (κ3) is 33.1. The molecule has 0 N–H and O–H groups in total. The molecule has 0 heterocycles. The Hall–Kier alpha value is -0.234. The third-order valence-corrected chi connectivity index (χ3v) is 8.83. The summed E-state index contributed by atoms with van der Waals surface area (Å²) in [4.78, 5) is 0. The van der Waals surface area contributed by atoms with Crippen molar-refractivity contribution < 1.29 is 46.4 Å². The van der Waals surface area contributed by atoms with Gasteiger partial charge in [-0.25, -0.2) is 0 Å². The summed E-state index contributed by atoms with van der Waals surface area (Å²) in [6, 6.07) is 17.3. The van der Waals surface area contributed by atoms with E-state index in [1.165, 1.54) is 110 Å². The van der Waals surface area contributed by atoms with Crippen molar-refractivity contribution in [1.29, 1.82) is 0 Å². The molecule has 0 aliphatic heterocycles. The van der Waals surface area contributed by atoms with Crippen molar-refractivity contribution >= 4 is 45.7 Å². The summed E-state index contributed by atoms with van der Waals surface area (Å²) in [5, 5.41) is 0. The molecular weight excluding hydrogens is 941 g/mol. The fraction of sp³-hybridized carbons (Fsp3) is 0.440. The molecule has 318 valence electrons. The fourth-order valence-electron chi connectivity index (χ4n) is 6.08. The molecule has 4 aliphatic rings. The van der Waals surface area contributed by atoms with Crippen LogP contribution in [0, 0.1) is 29.7 Å². The van der Waals surface area contributed by atoms with E-state index in [1.54, 1.807) is 5.57 Å². The van der Waals surface area contributed by atoms with Gasteiger partial charge in [-0.15, -0.1) is 0 Å².